The Morgan fingerprint density at radius 2 is 1.39 bits per heavy atom. The van der Waals surface area contributed by atoms with Crippen molar-refractivity contribution in [2.75, 3.05) is 19.8 Å². The molecule has 0 amide bonds. The van der Waals surface area contributed by atoms with Crippen molar-refractivity contribution in [3.63, 3.8) is 0 Å². The van der Waals surface area contributed by atoms with E-state index in [9.17, 15) is 46.0 Å². The van der Waals surface area contributed by atoms with Gasteiger partial charge >= 0.3 is 0 Å². The van der Waals surface area contributed by atoms with Crippen molar-refractivity contribution in [2.24, 2.45) is 46.3 Å². The Balaban J connectivity index is 0.815. The van der Waals surface area contributed by atoms with Gasteiger partial charge in [-0.3, -0.25) is 4.90 Å². The van der Waals surface area contributed by atoms with Crippen molar-refractivity contribution in [3.05, 3.63) is 11.6 Å². The SMILES string of the molecule is CC1CCC2C(C)C3C(CC4C5CC=C6CC(OC7OC(COC8OC(CO)C(OC9OC(C)C(O)C(O)C9O)C(O)C8O)C(O)C(O)C7O)CCC6(C)C5CCC43C)N2C1. The minimum atomic E-state index is -1.76. The van der Waals surface area contributed by atoms with Crippen LogP contribution in [0.15, 0.2) is 11.6 Å². The Hall–Kier alpha value is -0.900. The first-order valence-corrected chi connectivity index (χ1v) is 23.4. The number of nitrogens with zero attached hydrogens (tertiary/aromatic N) is 1. The number of piperidine rings is 1. The summed E-state index contributed by atoms with van der Waals surface area (Å²) in [5.74, 6) is 4.35. The van der Waals surface area contributed by atoms with Gasteiger partial charge in [0.2, 0.25) is 0 Å². The van der Waals surface area contributed by atoms with Gasteiger partial charge in [-0.15, -0.1) is 0 Å². The van der Waals surface area contributed by atoms with Crippen molar-refractivity contribution in [2.45, 2.75) is 203 Å². The summed E-state index contributed by atoms with van der Waals surface area (Å²) >= 11 is 0. The minimum Gasteiger partial charge on any atom is -0.394 e. The van der Waals surface area contributed by atoms with E-state index in [-0.39, 0.29) is 11.5 Å². The predicted octanol–water partition coefficient (Wildman–Crippen LogP) is 0.155. The van der Waals surface area contributed by atoms with E-state index in [0.29, 0.717) is 23.7 Å². The molecule has 5 heterocycles. The zero-order valence-electron chi connectivity index (χ0n) is 36.3. The van der Waals surface area contributed by atoms with Crippen molar-refractivity contribution in [3.8, 4) is 0 Å². The van der Waals surface area contributed by atoms with Crippen molar-refractivity contribution in [1.82, 2.24) is 4.90 Å². The topological polar surface area (TPSA) is 241 Å². The van der Waals surface area contributed by atoms with Crippen LogP contribution in [0.5, 0.6) is 0 Å². The first-order valence-electron chi connectivity index (χ1n) is 23.4. The maximum absolute atomic E-state index is 11.1. The van der Waals surface area contributed by atoms with E-state index in [4.69, 9.17) is 28.4 Å². The van der Waals surface area contributed by atoms with Crippen LogP contribution in [-0.4, -0.2) is 181 Å². The molecular formula is C45H73NO15. The van der Waals surface area contributed by atoms with E-state index in [1.54, 1.807) is 0 Å². The highest BCUT2D eigenvalue weighted by Crippen LogP contribution is 2.70. The molecule has 0 aromatic carbocycles. The predicted molar refractivity (Wildman–Crippen MR) is 215 cm³/mol. The molecule has 4 aliphatic carbocycles. The lowest BCUT2D eigenvalue weighted by atomic mass is 9.47. The maximum Gasteiger partial charge on any atom is 0.187 e. The second-order valence-corrected chi connectivity index (χ2v) is 21.3. The summed E-state index contributed by atoms with van der Waals surface area (Å²) in [5, 5.41) is 95.7. The molecule has 9 rings (SSSR count). The van der Waals surface area contributed by atoms with Crippen LogP contribution in [0.3, 0.4) is 0 Å². The Morgan fingerprint density at radius 3 is 2.13 bits per heavy atom. The molecule has 16 heteroatoms. The Bertz CT molecular complexity index is 1590. The lowest BCUT2D eigenvalue weighted by Crippen LogP contribution is -2.64. The Kier molecular flexibility index (Phi) is 12.7. The normalized spacial score (nSPS) is 57.3. The van der Waals surface area contributed by atoms with Gasteiger partial charge in [-0.25, -0.2) is 0 Å². The molecule has 0 bridgehead atoms. The van der Waals surface area contributed by atoms with Crippen LogP contribution in [-0.2, 0) is 28.4 Å². The summed E-state index contributed by atoms with van der Waals surface area (Å²) in [5.41, 5.74) is 1.87. The molecule has 5 aliphatic heterocycles. The Morgan fingerprint density at radius 1 is 0.705 bits per heavy atom. The molecule has 5 saturated heterocycles. The van der Waals surface area contributed by atoms with E-state index < -0.39 is 105 Å². The molecule has 8 fully saturated rings. The molecule has 16 nitrogen and oxygen atoms in total. The van der Waals surface area contributed by atoms with Crippen LogP contribution >= 0.6 is 0 Å². The molecule has 0 spiro atoms. The summed E-state index contributed by atoms with van der Waals surface area (Å²) in [6, 6.07) is 1.47. The largest absolute Gasteiger partial charge is 0.394 e. The first kappa shape index (κ1) is 45.3. The number of rotatable bonds is 8. The number of fused-ring (bicyclic) bond motifs is 9. The molecule has 26 unspecified atom stereocenters. The highest BCUT2D eigenvalue weighted by Gasteiger charge is 2.66. The molecule has 9 N–H and O–H groups in total. The van der Waals surface area contributed by atoms with Crippen LogP contribution in [0.2, 0.25) is 0 Å². The highest BCUT2D eigenvalue weighted by atomic mass is 16.8. The molecule has 348 valence electrons. The second-order valence-electron chi connectivity index (χ2n) is 21.3. The molecule has 3 saturated carbocycles. The van der Waals surface area contributed by atoms with Gasteiger partial charge in [0.05, 0.1) is 25.4 Å². The fourth-order valence-electron chi connectivity index (χ4n) is 14.7. The summed E-state index contributed by atoms with van der Waals surface area (Å²) in [6.07, 6.45) is -9.94. The molecule has 0 aromatic rings. The van der Waals surface area contributed by atoms with E-state index >= 15 is 0 Å². The fraction of sp³-hybridized carbons (Fsp3) is 0.956. The van der Waals surface area contributed by atoms with Crippen molar-refractivity contribution >= 4 is 0 Å². The third kappa shape index (κ3) is 7.52. The summed E-state index contributed by atoms with van der Waals surface area (Å²) in [6.45, 7) is 11.7. The van der Waals surface area contributed by atoms with E-state index in [1.807, 2.05) is 0 Å². The lowest BCUT2D eigenvalue weighted by molar-refractivity contribution is -0.363. The van der Waals surface area contributed by atoms with Gasteiger partial charge in [0.1, 0.15) is 67.1 Å². The van der Waals surface area contributed by atoms with Crippen molar-refractivity contribution in [1.29, 1.82) is 0 Å². The van der Waals surface area contributed by atoms with Crippen LogP contribution in [0.4, 0.5) is 0 Å². The number of hydrogen-bond donors (Lipinski definition) is 9. The zero-order chi connectivity index (χ0) is 43.4. The van der Waals surface area contributed by atoms with Crippen molar-refractivity contribution < 1.29 is 74.4 Å². The van der Waals surface area contributed by atoms with Gasteiger partial charge in [-0.1, -0.05) is 39.3 Å². The number of hydrogen-bond acceptors (Lipinski definition) is 16. The van der Waals surface area contributed by atoms with Crippen LogP contribution in [0.25, 0.3) is 0 Å². The van der Waals surface area contributed by atoms with Crippen LogP contribution in [0.1, 0.15) is 92.4 Å². The van der Waals surface area contributed by atoms with E-state index in [2.05, 4.69) is 38.7 Å². The van der Waals surface area contributed by atoms with Gasteiger partial charge in [0, 0.05) is 18.6 Å². The minimum absolute atomic E-state index is 0.0704. The number of aliphatic hydroxyl groups excluding tert-OH is 9. The fourth-order valence-corrected chi connectivity index (χ4v) is 14.7. The maximum atomic E-state index is 11.1. The standard InChI is InChI=1S/C45H73NO15/c1-19-6-9-27-20(2)31-28(46(27)16-19)15-26-24-8-7-22-14-23(10-12-44(22,4)25(24)11-13-45(26,31)5)58-43-38(54)35(51)33(49)30(60-43)18-56-41-39(55)36(52)40(29(17-47)59-41)61-42-37(53)34(50)32(48)21(3)57-42/h7,19-21,23-43,47-55H,6,8-18H2,1-5H3. The Labute approximate surface area is 359 Å². The third-order valence-electron chi connectivity index (χ3n) is 18.0. The second kappa shape index (κ2) is 17.1. The van der Waals surface area contributed by atoms with Crippen LogP contribution in [0, 0.1) is 46.3 Å². The first-order chi connectivity index (χ1) is 29.0. The monoisotopic (exact) mass is 867 g/mol. The summed E-state index contributed by atoms with van der Waals surface area (Å²) in [4.78, 5) is 2.95. The van der Waals surface area contributed by atoms with E-state index in [1.165, 1.54) is 51.1 Å². The zero-order valence-corrected chi connectivity index (χ0v) is 36.3. The quantitative estimate of drug-likeness (QED) is 0.148. The van der Waals surface area contributed by atoms with Gasteiger partial charge in [0.25, 0.3) is 0 Å². The van der Waals surface area contributed by atoms with Gasteiger partial charge in [-0.2, -0.15) is 0 Å². The average molecular weight is 868 g/mol. The molecule has 61 heavy (non-hydrogen) atoms. The van der Waals surface area contributed by atoms with E-state index in [0.717, 1.165) is 55.0 Å². The molecule has 26 atom stereocenters. The number of allylic oxidation sites excluding steroid dienone is 1. The molecule has 9 aliphatic rings. The molecule has 0 radical (unpaired) electrons. The lowest BCUT2D eigenvalue weighted by Gasteiger charge is -2.58. The highest BCUT2D eigenvalue weighted by molar-refractivity contribution is 5.27. The molecular weight excluding hydrogens is 794 g/mol. The van der Waals surface area contributed by atoms with Gasteiger partial charge in [0.15, 0.2) is 18.9 Å². The summed E-state index contributed by atoms with van der Waals surface area (Å²) < 4.78 is 35.1. The number of aliphatic hydroxyl groups is 9. The van der Waals surface area contributed by atoms with Gasteiger partial charge in [-0.05, 0) is 111 Å². The van der Waals surface area contributed by atoms with Crippen LogP contribution < -0.4 is 0 Å². The summed E-state index contributed by atoms with van der Waals surface area (Å²) in [7, 11) is 0. The third-order valence-corrected chi connectivity index (χ3v) is 18.0. The smallest absolute Gasteiger partial charge is 0.187 e. The number of ether oxygens (including phenoxy) is 6. The average Bonchev–Trinajstić information content (AvgIpc) is 3.71. The molecule has 0 aromatic heterocycles. The van der Waals surface area contributed by atoms with Gasteiger partial charge < -0.3 is 74.4 Å².